The highest BCUT2D eigenvalue weighted by molar-refractivity contribution is 4.56. The molecule has 0 amide bonds. The fourth-order valence-corrected chi connectivity index (χ4v) is 0.354. The van der Waals surface area contributed by atoms with Crippen LogP contribution in [0.2, 0.25) is 0 Å². The predicted molar refractivity (Wildman–Crippen MR) is 67.9 cm³/mol. The van der Waals surface area contributed by atoms with Crippen LogP contribution in [0.15, 0.2) is 0 Å². The molecule has 0 saturated heterocycles. The standard InChI is InChI=1S/C4H12N2.2C3H6NO2/c5-3-1-2-4-6;2*1-3(2)4(5)6/h1-6H2;2*1-2H3/q;2*-1/p+2. The van der Waals surface area contributed by atoms with Gasteiger partial charge in [-0.3, -0.25) is 20.2 Å². The van der Waals surface area contributed by atoms with Crippen molar-refractivity contribution in [2.75, 3.05) is 13.1 Å². The van der Waals surface area contributed by atoms with Crippen LogP contribution in [0.25, 0.3) is 0 Å². The SMILES string of the molecule is C[C-](C)[N+](=O)[O-].C[C-](C)[N+](=O)[O-].[NH3+]CCCC[NH3+]. The van der Waals surface area contributed by atoms with Crippen molar-refractivity contribution in [2.45, 2.75) is 40.5 Å². The van der Waals surface area contributed by atoms with Gasteiger partial charge in [0, 0.05) is 12.8 Å². The Morgan fingerprint density at radius 2 is 1.00 bits per heavy atom. The van der Waals surface area contributed by atoms with E-state index in [2.05, 4.69) is 11.5 Å². The number of hydrogen-bond acceptors (Lipinski definition) is 4. The largest absolute Gasteiger partial charge is 0.358 e. The second-order valence-corrected chi connectivity index (χ2v) is 3.82. The molecular weight excluding hydrogens is 240 g/mol. The highest BCUT2D eigenvalue weighted by atomic mass is 16.6. The summed E-state index contributed by atoms with van der Waals surface area (Å²) in [5.41, 5.74) is 7.39. The summed E-state index contributed by atoms with van der Waals surface area (Å²) in [6.07, 6.45) is 2.48. The van der Waals surface area contributed by atoms with Crippen LogP contribution in [0.1, 0.15) is 40.5 Å². The van der Waals surface area contributed by atoms with Crippen LogP contribution < -0.4 is 11.5 Å². The normalized spacial score (nSPS) is 8.11. The van der Waals surface area contributed by atoms with Gasteiger partial charge in [-0.15, -0.1) is 37.5 Å². The van der Waals surface area contributed by atoms with E-state index in [1.165, 1.54) is 40.5 Å². The van der Waals surface area contributed by atoms with Gasteiger partial charge in [0.25, 0.3) is 0 Å². The summed E-state index contributed by atoms with van der Waals surface area (Å²) in [5, 5.41) is 18.9. The van der Waals surface area contributed by atoms with Gasteiger partial charge in [0.05, 0.1) is 13.1 Å². The summed E-state index contributed by atoms with van der Waals surface area (Å²) in [6.45, 7) is 7.96. The monoisotopic (exact) mass is 266 g/mol. The topological polar surface area (TPSA) is 142 Å². The average Bonchev–Trinajstić information content (AvgIpc) is 2.27. The van der Waals surface area contributed by atoms with Gasteiger partial charge >= 0.3 is 0 Å². The number of quaternary nitrogens is 2. The molecule has 0 heterocycles. The zero-order valence-corrected chi connectivity index (χ0v) is 11.8. The molecule has 18 heavy (non-hydrogen) atoms. The smallest absolute Gasteiger partial charge is 0.0742 e. The summed E-state index contributed by atoms with van der Waals surface area (Å²) in [7, 11) is 0. The van der Waals surface area contributed by atoms with Gasteiger partial charge in [0.2, 0.25) is 0 Å². The summed E-state index contributed by atoms with van der Waals surface area (Å²) >= 11 is 0. The van der Waals surface area contributed by atoms with Gasteiger partial charge < -0.3 is 11.5 Å². The number of unbranched alkanes of at least 4 members (excludes halogenated alkanes) is 1. The van der Waals surface area contributed by atoms with Crippen molar-refractivity contribution in [3.8, 4) is 0 Å². The molecule has 0 aliphatic heterocycles. The molecular formula is C10H26N4O4. The molecule has 110 valence electrons. The minimum absolute atomic E-state index is 0.231. The molecule has 0 unspecified atom stereocenters. The molecule has 0 bridgehead atoms. The van der Waals surface area contributed by atoms with E-state index in [-0.39, 0.29) is 12.1 Å². The average molecular weight is 266 g/mol. The van der Waals surface area contributed by atoms with Crippen molar-refractivity contribution in [2.24, 2.45) is 0 Å². The molecule has 0 fully saturated rings. The number of nitrogens with zero attached hydrogens (tertiary/aromatic N) is 2. The maximum Gasteiger partial charge on any atom is 0.0742 e. The van der Waals surface area contributed by atoms with Gasteiger partial charge in [-0.1, -0.05) is 12.1 Å². The molecule has 8 nitrogen and oxygen atoms in total. The van der Waals surface area contributed by atoms with E-state index in [4.69, 9.17) is 0 Å². The van der Waals surface area contributed by atoms with Crippen molar-refractivity contribution in [1.29, 1.82) is 0 Å². The molecule has 0 aromatic rings. The van der Waals surface area contributed by atoms with Crippen LogP contribution in [0.5, 0.6) is 0 Å². The van der Waals surface area contributed by atoms with Crippen molar-refractivity contribution in [1.82, 2.24) is 0 Å². The maximum absolute atomic E-state index is 9.47. The number of nitro groups is 2. The van der Waals surface area contributed by atoms with Crippen LogP contribution >= 0.6 is 0 Å². The molecule has 0 atom stereocenters. The highest BCUT2D eigenvalue weighted by Gasteiger charge is 1.82. The first-order valence-corrected chi connectivity index (χ1v) is 5.68. The Kier molecular flexibility index (Phi) is 18.7. The lowest BCUT2D eigenvalue weighted by molar-refractivity contribution is -0.461. The van der Waals surface area contributed by atoms with Crippen molar-refractivity contribution in [3.05, 3.63) is 32.3 Å². The Morgan fingerprint density at radius 1 is 0.833 bits per heavy atom. The van der Waals surface area contributed by atoms with Crippen LogP contribution in [0, 0.1) is 32.3 Å². The molecule has 0 aliphatic rings. The summed E-state index contributed by atoms with van der Waals surface area (Å²) in [5.74, 6) is 0. The lowest BCUT2D eigenvalue weighted by Gasteiger charge is -2.03. The number of hydrogen-bond donors (Lipinski definition) is 2. The van der Waals surface area contributed by atoms with E-state index in [1.54, 1.807) is 0 Å². The van der Waals surface area contributed by atoms with Crippen molar-refractivity contribution < 1.29 is 21.3 Å². The molecule has 0 saturated carbocycles. The predicted octanol–water partition coefficient (Wildman–Crippen LogP) is -0.0798. The van der Waals surface area contributed by atoms with Gasteiger partial charge in [-0.25, -0.2) is 0 Å². The lowest BCUT2D eigenvalue weighted by atomic mass is 10.3. The maximum atomic E-state index is 9.47. The molecule has 6 N–H and O–H groups in total. The molecule has 8 heteroatoms. The minimum atomic E-state index is -0.417. The van der Waals surface area contributed by atoms with Crippen LogP contribution in [0.4, 0.5) is 0 Å². The summed E-state index contributed by atoms with van der Waals surface area (Å²) < 4.78 is 0. The minimum Gasteiger partial charge on any atom is -0.358 e. The third kappa shape index (κ3) is 29.3. The van der Waals surface area contributed by atoms with Gasteiger partial charge in [-0.05, 0) is 0 Å². The first kappa shape index (κ1) is 21.7. The quantitative estimate of drug-likeness (QED) is 0.310. The summed E-state index contributed by atoms with van der Waals surface area (Å²) in [4.78, 5) is 18.1. The highest BCUT2D eigenvalue weighted by Crippen LogP contribution is 1.91. The first-order chi connectivity index (χ1) is 8.20. The fraction of sp³-hybridized carbons (Fsp3) is 0.800. The number of rotatable bonds is 5. The lowest BCUT2D eigenvalue weighted by Crippen LogP contribution is -2.53. The van der Waals surface area contributed by atoms with Crippen LogP contribution in [-0.2, 0) is 0 Å². The second kappa shape index (κ2) is 15.5. The molecule has 0 aliphatic carbocycles. The Hall–Kier alpha value is -1.54. The first-order valence-electron chi connectivity index (χ1n) is 5.68. The molecule has 0 spiro atoms. The second-order valence-electron chi connectivity index (χ2n) is 3.82. The van der Waals surface area contributed by atoms with Crippen LogP contribution in [-0.4, -0.2) is 22.9 Å². The Balaban J connectivity index is -0.000000187. The van der Waals surface area contributed by atoms with Gasteiger partial charge in [0.15, 0.2) is 0 Å². The van der Waals surface area contributed by atoms with Crippen molar-refractivity contribution in [3.63, 3.8) is 0 Å². The third-order valence-electron chi connectivity index (χ3n) is 1.48. The molecule has 0 aromatic heterocycles. The zero-order chi connectivity index (χ0) is 15.1. The van der Waals surface area contributed by atoms with Crippen molar-refractivity contribution >= 4 is 0 Å². The Labute approximate surface area is 108 Å². The molecule has 0 aromatic carbocycles. The van der Waals surface area contributed by atoms with Crippen LogP contribution in [0.3, 0.4) is 0 Å². The third-order valence-corrected chi connectivity index (χ3v) is 1.48. The molecule has 0 radical (unpaired) electrons. The van der Waals surface area contributed by atoms with E-state index in [1.807, 2.05) is 0 Å². The van der Waals surface area contributed by atoms with E-state index in [9.17, 15) is 20.2 Å². The summed E-state index contributed by atoms with van der Waals surface area (Å²) in [6, 6.07) is 0.463. The Morgan fingerprint density at radius 3 is 1.06 bits per heavy atom. The zero-order valence-electron chi connectivity index (χ0n) is 11.8. The van der Waals surface area contributed by atoms with E-state index in [0.717, 1.165) is 13.1 Å². The fourth-order valence-electron chi connectivity index (χ4n) is 0.354. The Bertz CT molecular complexity index is 188. The van der Waals surface area contributed by atoms with Gasteiger partial charge in [-0.2, -0.15) is 0 Å². The van der Waals surface area contributed by atoms with E-state index in [0.29, 0.717) is 0 Å². The van der Waals surface area contributed by atoms with E-state index >= 15 is 0 Å². The molecule has 0 rings (SSSR count). The van der Waals surface area contributed by atoms with E-state index < -0.39 is 9.85 Å². The van der Waals surface area contributed by atoms with Gasteiger partial charge in [0.1, 0.15) is 0 Å².